The number of esters is 4. The molecule has 0 spiro atoms. The maximum absolute atomic E-state index is 12.8. The first-order chi connectivity index (χ1) is 14.2. The van der Waals surface area contributed by atoms with Gasteiger partial charge in [0.1, 0.15) is 24.7 Å². The number of hydrogen-bond acceptors (Lipinski definition) is 11. The average molecular weight is 442 g/mol. The summed E-state index contributed by atoms with van der Waals surface area (Å²) in [6, 6.07) is 3.10. The summed E-state index contributed by atoms with van der Waals surface area (Å²) >= 11 is 1.08. The van der Waals surface area contributed by atoms with E-state index < -0.39 is 66.0 Å². The molecule has 10 nitrogen and oxygen atoms in total. The van der Waals surface area contributed by atoms with Crippen molar-refractivity contribution in [2.45, 2.75) is 18.8 Å². The number of ether oxygens (including phenoxy) is 4. The number of hydrogen-bond donors (Lipinski definition) is 0. The summed E-state index contributed by atoms with van der Waals surface area (Å²) in [6.45, 7) is 0. The lowest BCUT2D eigenvalue weighted by atomic mass is 9.75. The third-order valence-corrected chi connectivity index (χ3v) is 5.26. The third-order valence-electron chi connectivity index (χ3n) is 4.29. The van der Waals surface area contributed by atoms with Crippen LogP contribution in [0.4, 0.5) is 0 Å². The van der Waals surface area contributed by atoms with Gasteiger partial charge in [-0.3, -0.25) is 28.8 Å². The summed E-state index contributed by atoms with van der Waals surface area (Å²) in [5.74, 6) is -10.5. The van der Waals surface area contributed by atoms with Gasteiger partial charge in [0, 0.05) is 10.8 Å². The molecule has 0 bridgehead atoms. The number of methoxy groups -OCH3 is 4. The summed E-state index contributed by atoms with van der Waals surface area (Å²) in [6.07, 6.45) is -1.56. The Kier molecular flexibility index (Phi) is 9.82. The molecule has 164 valence electrons. The lowest BCUT2D eigenvalue weighted by Crippen LogP contribution is -2.42. The minimum atomic E-state index is -1.70. The van der Waals surface area contributed by atoms with Gasteiger partial charge in [0.25, 0.3) is 0 Å². The molecule has 0 fully saturated rings. The van der Waals surface area contributed by atoms with Crippen LogP contribution in [0.5, 0.6) is 0 Å². The molecule has 0 saturated carbocycles. The second kappa shape index (κ2) is 11.8. The van der Waals surface area contributed by atoms with Gasteiger partial charge in [-0.25, -0.2) is 0 Å². The number of carbonyl (C=O) groups is 6. The first-order valence-electron chi connectivity index (χ1n) is 8.59. The van der Waals surface area contributed by atoms with Crippen LogP contribution in [0.25, 0.3) is 0 Å². The van der Waals surface area contributed by atoms with Crippen LogP contribution in [-0.2, 0) is 47.7 Å². The second-order valence-electron chi connectivity index (χ2n) is 5.98. The topological polar surface area (TPSA) is 139 Å². The van der Waals surface area contributed by atoms with E-state index >= 15 is 0 Å². The van der Waals surface area contributed by atoms with Gasteiger partial charge < -0.3 is 18.9 Å². The monoisotopic (exact) mass is 442 g/mol. The molecule has 0 saturated heterocycles. The van der Waals surface area contributed by atoms with Crippen LogP contribution in [-0.4, -0.2) is 63.9 Å². The van der Waals surface area contributed by atoms with Crippen molar-refractivity contribution in [3.8, 4) is 0 Å². The Balaban J connectivity index is 3.58. The molecular formula is C19H22O10S. The molecule has 0 unspecified atom stereocenters. The minimum Gasteiger partial charge on any atom is -0.469 e. The maximum Gasteiger partial charge on any atom is 0.316 e. The number of ketones is 2. The van der Waals surface area contributed by atoms with Crippen LogP contribution in [0.3, 0.4) is 0 Å². The van der Waals surface area contributed by atoms with Gasteiger partial charge in [-0.05, 0) is 11.4 Å². The molecule has 1 heterocycles. The summed E-state index contributed by atoms with van der Waals surface area (Å²) in [4.78, 5) is 74.2. The van der Waals surface area contributed by atoms with E-state index in [0.29, 0.717) is 4.88 Å². The predicted octanol–water partition coefficient (Wildman–Crippen LogP) is 0.674. The molecule has 2 atom stereocenters. The zero-order chi connectivity index (χ0) is 22.8. The van der Waals surface area contributed by atoms with E-state index in [9.17, 15) is 28.8 Å². The molecule has 1 aromatic heterocycles. The minimum absolute atomic E-state index is 0.317. The summed E-state index contributed by atoms with van der Waals surface area (Å²) < 4.78 is 18.4. The van der Waals surface area contributed by atoms with Gasteiger partial charge in [0.15, 0.2) is 11.6 Å². The quantitative estimate of drug-likeness (QED) is 0.273. The zero-order valence-electron chi connectivity index (χ0n) is 16.9. The molecule has 11 heteroatoms. The van der Waals surface area contributed by atoms with Crippen LogP contribution in [0.2, 0.25) is 0 Å². The Hall–Kier alpha value is -3.08. The second-order valence-corrected chi connectivity index (χ2v) is 6.96. The van der Waals surface area contributed by atoms with E-state index in [2.05, 4.69) is 9.47 Å². The van der Waals surface area contributed by atoms with Crippen molar-refractivity contribution in [2.24, 2.45) is 11.8 Å². The molecule has 1 aromatic rings. The van der Waals surface area contributed by atoms with E-state index in [0.717, 1.165) is 39.8 Å². The molecule has 0 N–H and O–H groups in total. The number of rotatable bonds is 11. The first kappa shape index (κ1) is 25.0. The Morgan fingerprint density at radius 2 is 1.20 bits per heavy atom. The molecule has 30 heavy (non-hydrogen) atoms. The van der Waals surface area contributed by atoms with Gasteiger partial charge in [-0.15, -0.1) is 11.3 Å². The summed E-state index contributed by atoms with van der Waals surface area (Å²) in [7, 11) is 4.18. The van der Waals surface area contributed by atoms with Crippen molar-refractivity contribution < 1.29 is 47.7 Å². The van der Waals surface area contributed by atoms with E-state index in [1.807, 2.05) is 0 Å². The molecule has 0 radical (unpaired) electrons. The van der Waals surface area contributed by atoms with Crippen LogP contribution in [0.1, 0.15) is 23.6 Å². The van der Waals surface area contributed by atoms with Gasteiger partial charge >= 0.3 is 23.9 Å². The fraction of sp³-hybridized carbons (Fsp3) is 0.474. The molecule has 0 aliphatic heterocycles. The lowest BCUT2D eigenvalue weighted by Gasteiger charge is -2.28. The highest BCUT2D eigenvalue weighted by atomic mass is 32.1. The summed E-state index contributed by atoms with van der Waals surface area (Å²) in [5, 5.41) is 1.61. The highest BCUT2D eigenvalue weighted by Crippen LogP contribution is 2.39. The van der Waals surface area contributed by atoms with Crippen molar-refractivity contribution in [3.05, 3.63) is 22.4 Å². The van der Waals surface area contributed by atoms with E-state index in [1.165, 1.54) is 6.07 Å². The zero-order valence-corrected chi connectivity index (χ0v) is 17.7. The Morgan fingerprint density at radius 3 is 1.50 bits per heavy atom. The molecule has 0 aliphatic rings. The molecule has 0 aliphatic carbocycles. The highest BCUT2D eigenvalue weighted by molar-refractivity contribution is 7.10. The van der Waals surface area contributed by atoms with Gasteiger partial charge in [0.2, 0.25) is 0 Å². The van der Waals surface area contributed by atoms with Gasteiger partial charge in [-0.1, -0.05) is 6.07 Å². The van der Waals surface area contributed by atoms with Crippen molar-refractivity contribution in [2.75, 3.05) is 28.4 Å². The Morgan fingerprint density at radius 1 is 0.767 bits per heavy atom. The molecular weight excluding hydrogens is 420 g/mol. The van der Waals surface area contributed by atoms with Gasteiger partial charge in [-0.2, -0.15) is 0 Å². The fourth-order valence-electron chi connectivity index (χ4n) is 2.86. The maximum atomic E-state index is 12.8. The molecule has 0 amide bonds. The SMILES string of the molecule is COC(=O)CC(=O)[C@H](C(=O)OC)C(c1cccs1)[C@H](C(=O)CC(=O)OC)C(=O)OC. The van der Waals surface area contributed by atoms with Crippen molar-refractivity contribution in [1.29, 1.82) is 0 Å². The van der Waals surface area contributed by atoms with Crippen molar-refractivity contribution in [3.63, 3.8) is 0 Å². The smallest absolute Gasteiger partial charge is 0.316 e. The van der Waals surface area contributed by atoms with E-state index in [4.69, 9.17) is 9.47 Å². The first-order valence-corrected chi connectivity index (χ1v) is 9.47. The average Bonchev–Trinajstić information content (AvgIpc) is 3.26. The number of Topliss-reactive ketones (excluding diaryl/α,β-unsaturated/α-hetero) is 2. The number of carbonyl (C=O) groups excluding carboxylic acids is 6. The number of thiophene rings is 1. The van der Waals surface area contributed by atoms with Crippen LogP contribution in [0, 0.1) is 11.8 Å². The Bertz CT molecular complexity index is 748. The normalized spacial score (nSPS) is 12.4. The van der Waals surface area contributed by atoms with Crippen LogP contribution in [0.15, 0.2) is 17.5 Å². The third kappa shape index (κ3) is 6.21. The van der Waals surface area contributed by atoms with Crippen LogP contribution >= 0.6 is 11.3 Å². The predicted molar refractivity (Wildman–Crippen MR) is 101 cm³/mol. The Labute approximate surface area is 176 Å². The van der Waals surface area contributed by atoms with Crippen molar-refractivity contribution >= 4 is 46.8 Å². The standard InChI is InChI=1S/C19H22O10S/c1-26-13(22)8-10(20)15(18(24)28-3)17(12-6-5-7-30-12)16(19(25)29-4)11(21)9-14(23)27-2/h5-7,15-17H,8-9H2,1-4H3/t15-,16-/m0/s1. The molecule has 0 aromatic carbocycles. The highest BCUT2D eigenvalue weighted by Gasteiger charge is 2.48. The fourth-order valence-corrected chi connectivity index (χ4v) is 3.76. The van der Waals surface area contributed by atoms with Gasteiger partial charge in [0.05, 0.1) is 28.4 Å². The van der Waals surface area contributed by atoms with E-state index in [-0.39, 0.29) is 0 Å². The van der Waals surface area contributed by atoms with Crippen molar-refractivity contribution in [1.82, 2.24) is 0 Å². The van der Waals surface area contributed by atoms with E-state index in [1.54, 1.807) is 11.4 Å². The van der Waals surface area contributed by atoms with Crippen LogP contribution < -0.4 is 0 Å². The largest absolute Gasteiger partial charge is 0.469 e. The summed E-state index contributed by atoms with van der Waals surface area (Å²) in [5.41, 5.74) is 0. The lowest BCUT2D eigenvalue weighted by molar-refractivity contribution is -0.156. The molecule has 1 rings (SSSR count).